The number of hydrogen-bond donors (Lipinski definition) is 1. The zero-order valence-corrected chi connectivity index (χ0v) is 11.0. The fraction of sp³-hybridized carbons (Fsp3) is 0.600. The van der Waals surface area contributed by atoms with Crippen LogP contribution in [0.25, 0.3) is 0 Å². The minimum atomic E-state index is 0.813. The Labute approximate surface area is 104 Å². The Morgan fingerprint density at radius 1 is 1.35 bits per heavy atom. The van der Waals surface area contributed by atoms with E-state index in [2.05, 4.69) is 37.4 Å². The third kappa shape index (κ3) is 4.04. The van der Waals surface area contributed by atoms with Crippen LogP contribution < -0.4 is 10.1 Å². The Bertz CT molecular complexity index is 358. The molecule has 0 spiro atoms. The van der Waals surface area contributed by atoms with Crippen molar-refractivity contribution in [2.24, 2.45) is 5.92 Å². The van der Waals surface area contributed by atoms with Crippen molar-refractivity contribution in [3.05, 3.63) is 29.3 Å². The molecule has 2 nitrogen and oxygen atoms in total. The maximum Gasteiger partial charge on any atom is 0.123 e. The Hall–Kier alpha value is -1.02. The summed E-state index contributed by atoms with van der Waals surface area (Å²) in [6, 6.07) is 6.47. The van der Waals surface area contributed by atoms with Gasteiger partial charge in [-0.3, -0.25) is 0 Å². The lowest BCUT2D eigenvalue weighted by Crippen LogP contribution is -2.15. The van der Waals surface area contributed by atoms with Gasteiger partial charge in [0.15, 0.2) is 0 Å². The van der Waals surface area contributed by atoms with Crippen LogP contribution in [0.5, 0.6) is 5.75 Å². The first-order chi connectivity index (χ1) is 8.29. The predicted molar refractivity (Wildman–Crippen MR) is 71.4 cm³/mol. The van der Waals surface area contributed by atoms with Crippen molar-refractivity contribution in [1.82, 2.24) is 5.32 Å². The van der Waals surface area contributed by atoms with Gasteiger partial charge in [0.25, 0.3) is 0 Å². The molecule has 17 heavy (non-hydrogen) atoms. The van der Waals surface area contributed by atoms with E-state index >= 15 is 0 Å². The molecular formula is C15H23NO. The maximum atomic E-state index is 5.91. The summed E-state index contributed by atoms with van der Waals surface area (Å²) in [5.74, 6) is 1.87. The van der Waals surface area contributed by atoms with Gasteiger partial charge in [0.1, 0.15) is 5.75 Å². The zero-order valence-electron chi connectivity index (χ0n) is 11.0. The highest BCUT2D eigenvalue weighted by Crippen LogP contribution is 2.30. The summed E-state index contributed by atoms with van der Waals surface area (Å²) >= 11 is 0. The number of aryl methyl sites for hydroxylation is 1. The fourth-order valence-corrected chi connectivity index (χ4v) is 1.88. The standard InChI is InChI=1S/C15H23NO/c1-3-8-16-10-14-9-12(2)4-7-15(14)17-11-13-5-6-13/h4,7,9,13,16H,3,5-6,8,10-11H2,1-2H3. The molecule has 0 bridgehead atoms. The Kier molecular flexibility index (Phi) is 4.43. The van der Waals surface area contributed by atoms with E-state index < -0.39 is 0 Å². The molecule has 94 valence electrons. The molecule has 0 aliphatic heterocycles. The van der Waals surface area contributed by atoms with E-state index in [0.29, 0.717) is 0 Å². The number of ether oxygens (including phenoxy) is 1. The minimum absolute atomic E-state index is 0.813. The lowest BCUT2D eigenvalue weighted by atomic mass is 10.1. The molecule has 0 atom stereocenters. The number of benzene rings is 1. The maximum absolute atomic E-state index is 5.91. The average molecular weight is 233 g/mol. The van der Waals surface area contributed by atoms with Crippen LogP contribution in [0, 0.1) is 12.8 Å². The smallest absolute Gasteiger partial charge is 0.123 e. The molecule has 0 unspecified atom stereocenters. The van der Waals surface area contributed by atoms with Crippen LogP contribution >= 0.6 is 0 Å². The van der Waals surface area contributed by atoms with Crippen molar-refractivity contribution in [3.63, 3.8) is 0 Å². The van der Waals surface area contributed by atoms with E-state index in [9.17, 15) is 0 Å². The Morgan fingerprint density at radius 2 is 2.18 bits per heavy atom. The van der Waals surface area contributed by atoms with Gasteiger partial charge in [-0.2, -0.15) is 0 Å². The first kappa shape index (κ1) is 12.4. The molecule has 0 heterocycles. The van der Waals surface area contributed by atoms with E-state index in [4.69, 9.17) is 4.74 Å². The first-order valence-electron chi connectivity index (χ1n) is 6.72. The van der Waals surface area contributed by atoms with Crippen molar-refractivity contribution in [2.45, 2.75) is 39.7 Å². The molecule has 0 saturated heterocycles. The zero-order chi connectivity index (χ0) is 12.1. The highest BCUT2D eigenvalue weighted by molar-refractivity contribution is 5.36. The number of rotatable bonds is 7. The Morgan fingerprint density at radius 3 is 2.88 bits per heavy atom. The number of nitrogens with one attached hydrogen (secondary N) is 1. The second-order valence-corrected chi connectivity index (χ2v) is 5.04. The normalized spacial score (nSPS) is 14.9. The molecule has 1 N–H and O–H groups in total. The third-order valence-electron chi connectivity index (χ3n) is 3.13. The van der Waals surface area contributed by atoms with Gasteiger partial charge in [-0.05, 0) is 44.7 Å². The fourth-order valence-electron chi connectivity index (χ4n) is 1.88. The molecule has 1 aliphatic carbocycles. The molecule has 1 aliphatic rings. The second-order valence-electron chi connectivity index (χ2n) is 5.04. The third-order valence-corrected chi connectivity index (χ3v) is 3.13. The number of hydrogen-bond acceptors (Lipinski definition) is 2. The molecule has 2 rings (SSSR count). The molecule has 0 amide bonds. The van der Waals surface area contributed by atoms with Gasteiger partial charge >= 0.3 is 0 Å². The summed E-state index contributed by atoms with van der Waals surface area (Å²) in [6.07, 6.45) is 3.86. The highest BCUT2D eigenvalue weighted by Gasteiger charge is 2.22. The largest absolute Gasteiger partial charge is 0.493 e. The van der Waals surface area contributed by atoms with Crippen molar-refractivity contribution in [3.8, 4) is 5.75 Å². The minimum Gasteiger partial charge on any atom is -0.493 e. The summed E-state index contributed by atoms with van der Waals surface area (Å²) in [7, 11) is 0. The second kappa shape index (κ2) is 6.06. The van der Waals surface area contributed by atoms with E-state index in [0.717, 1.165) is 31.4 Å². The van der Waals surface area contributed by atoms with E-state index in [1.54, 1.807) is 0 Å². The van der Waals surface area contributed by atoms with Crippen molar-refractivity contribution < 1.29 is 4.74 Å². The van der Waals surface area contributed by atoms with E-state index in [-0.39, 0.29) is 0 Å². The molecule has 1 aromatic carbocycles. The van der Waals surface area contributed by atoms with Gasteiger partial charge < -0.3 is 10.1 Å². The van der Waals surface area contributed by atoms with Crippen LogP contribution in [-0.2, 0) is 6.54 Å². The lowest BCUT2D eigenvalue weighted by Gasteiger charge is -2.12. The monoisotopic (exact) mass is 233 g/mol. The van der Waals surface area contributed by atoms with E-state index in [1.165, 1.54) is 30.4 Å². The van der Waals surface area contributed by atoms with Crippen LogP contribution in [0.3, 0.4) is 0 Å². The topological polar surface area (TPSA) is 21.3 Å². The lowest BCUT2D eigenvalue weighted by molar-refractivity contribution is 0.296. The molecule has 1 aromatic rings. The SMILES string of the molecule is CCCNCc1cc(C)ccc1OCC1CC1. The van der Waals surface area contributed by atoms with Crippen molar-refractivity contribution in [2.75, 3.05) is 13.2 Å². The quantitative estimate of drug-likeness (QED) is 0.730. The Balaban J connectivity index is 1.95. The highest BCUT2D eigenvalue weighted by atomic mass is 16.5. The van der Waals surface area contributed by atoms with Gasteiger partial charge in [-0.25, -0.2) is 0 Å². The van der Waals surface area contributed by atoms with Crippen LogP contribution in [0.15, 0.2) is 18.2 Å². The van der Waals surface area contributed by atoms with Gasteiger partial charge in [-0.15, -0.1) is 0 Å². The van der Waals surface area contributed by atoms with Gasteiger partial charge in [0, 0.05) is 12.1 Å². The summed E-state index contributed by atoms with van der Waals surface area (Å²) in [6.45, 7) is 7.19. The van der Waals surface area contributed by atoms with Crippen LogP contribution in [-0.4, -0.2) is 13.2 Å². The van der Waals surface area contributed by atoms with Gasteiger partial charge in [0.2, 0.25) is 0 Å². The van der Waals surface area contributed by atoms with Crippen LogP contribution in [0.4, 0.5) is 0 Å². The first-order valence-corrected chi connectivity index (χ1v) is 6.72. The van der Waals surface area contributed by atoms with Crippen LogP contribution in [0.2, 0.25) is 0 Å². The molecule has 1 saturated carbocycles. The summed E-state index contributed by atoms with van der Waals surface area (Å²) < 4.78 is 5.91. The summed E-state index contributed by atoms with van der Waals surface area (Å²) in [5, 5.41) is 3.44. The molecular weight excluding hydrogens is 210 g/mol. The van der Waals surface area contributed by atoms with Gasteiger partial charge in [-0.1, -0.05) is 24.6 Å². The van der Waals surface area contributed by atoms with Gasteiger partial charge in [0.05, 0.1) is 6.61 Å². The summed E-state index contributed by atoms with van der Waals surface area (Å²) in [5.41, 5.74) is 2.59. The molecule has 0 radical (unpaired) electrons. The van der Waals surface area contributed by atoms with Crippen molar-refractivity contribution in [1.29, 1.82) is 0 Å². The predicted octanol–water partition coefficient (Wildman–Crippen LogP) is 3.28. The molecule has 1 fully saturated rings. The van der Waals surface area contributed by atoms with E-state index in [1.807, 2.05) is 0 Å². The van der Waals surface area contributed by atoms with Crippen LogP contribution in [0.1, 0.15) is 37.3 Å². The molecule has 2 heteroatoms. The summed E-state index contributed by atoms with van der Waals surface area (Å²) in [4.78, 5) is 0. The average Bonchev–Trinajstić information content (AvgIpc) is 3.12. The molecule has 0 aromatic heterocycles. The van der Waals surface area contributed by atoms with Crippen molar-refractivity contribution >= 4 is 0 Å².